The van der Waals surface area contributed by atoms with Gasteiger partial charge in [-0.25, -0.2) is 0 Å². The molecule has 1 aromatic rings. The third kappa shape index (κ3) is 4.21. The first kappa shape index (κ1) is 17.9. The molecule has 2 aliphatic rings. The minimum absolute atomic E-state index is 0.0559. The summed E-state index contributed by atoms with van der Waals surface area (Å²) < 4.78 is 0. The zero-order valence-electron chi connectivity index (χ0n) is 14.9. The summed E-state index contributed by atoms with van der Waals surface area (Å²) in [6.07, 6.45) is 5.78. The van der Waals surface area contributed by atoms with E-state index in [-0.39, 0.29) is 5.91 Å². The molecule has 0 aromatic heterocycles. The average Bonchev–Trinajstić information content (AvgIpc) is 3.21. The van der Waals surface area contributed by atoms with Crippen molar-refractivity contribution in [1.29, 1.82) is 0 Å². The van der Waals surface area contributed by atoms with Crippen LogP contribution in [0.1, 0.15) is 44.6 Å². The first-order valence-electron chi connectivity index (χ1n) is 9.39. The third-order valence-corrected chi connectivity index (χ3v) is 5.73. The monoisotopic (exact) mass is 344 g/mol. The van der Waals surface area contributed by atoms with Crippen molar-refractivity contribution in [2.24, 2.45) is 5.92 Å². The Labute approximate surface area is 149 Å². The Morgan fingerprint density at radius 3 is 2.72 bits per heavy atom. The molecule has 0 radical (unpaired) electrons. The van der Waals surface area contributed by atoms with Gasteiger partial charge in [0.25, 0.3) is 0 Å². The van der Waals surface area contributed by atoms with Gasteiger partial charge in [0.1, 0.15) is 6.04 Å². The Kier molecular flexibility index (Phi) is 5.74. The molecule has 2 N–H and O–H groups in total. The van der Waals surface area contributed by atoms with Crippen LogP contribution in [0.3, 0.4) is 0 Å². The van der Waals surface area contributed by atoms with E-state index >= 15 is 0 Å². The van der Waals surface area contributed by atoms with E-state index in [2.05, 4.69) is 5.32 Å². The number of hydrogen-bond acceptors (Lipinski definition) is 3. The Bertz CT molecular complexity index is 604. The molecule has 25 heavy (non-hydrogen) atoms. The van der Waals surface area contributed by atoms with E-state index in [0.29, 0.717) is 24.8 Å². The topological polar surface area (TPSA) is 69.6 Å². The smallest absolute Gasteiger partial charge is 0.320 e. The van der Waals surface area contributed by atoms with Crippen LogP contribution in [-0.4, -0.2) is 46.6 Å². The maximum Gasteiger partial charge on any atom is 0.320 e. The van der Waals surface area contributed by atoms with E-state index in [1.54, 1.807) is 6.92 Å². The number of hydrogen-bond donors (Lipinski definition) is 2. The second kappa shape index (κ2) is 8.00. The molecule has 1 aliphatic heterocycles. The van der Waals surface area contributed by atoms with Gasteiger partial charge in [-0.15, -0.1) is 0 Å². The van der Waals surface area contributed by atoms with Crippen LogP contribution in [0.5, 0.6) is 0 Å². The second-order valence-electron chi connectivity index (χ2n) is 7.38. The molecule has 1 saturated carbocycles. The molecule has 4 atom stereocenters. The van der Waals surface area contributed by atoms with Gasteiger partial charge >= 0.3 is 5.97 Å². The first-order valence-corrected chi connectivity index (χ1v) is 9.39. The van der Waals surface area contributed by atoms with E-state index in [9.17, 15) is 14.7 Å². The van der Waals surface area contributed by atoms with E-state index < -0.39 is 18.1 Å². The highest BCUT2D eigenvalue weighted by molar-refractivity contribution is 5.83. The Morgan fingerprint density at radius 1 is 1.24 bits per heavy atom. The Morgan fingerprint density at radius 2 is 2.00 bits per heavy atom. The quantitative estimate of drug-likeness (QED) is 0.797. The number of nitrogens with zero attached hydrogens (tertiary/aromatic N) is 1. The van der Waals surface area contributed by atoms with Gasteiger partial charge in [0, 0.05) is 12.6 Å². The van der Waals surface area contributed by atoms with Gasteiger partial charge in [-0.1, -0.05) is 36.8 Å². The fourth-order valence-electron chi connectivity index (χ4n) is 4.36. The standard InChI is InChI=1S/C20H28N2O3/c1-14(19(23)22-13-12-16-8-5-9-18(16)22)21-17(20(24)25)11-10-15-6-3-2-4-7-15/h2-4,6-7,14,16-18,21H,5,8-13H2,1H3,(H,24,25)/t14?,16-,17?,18-/m0/s1. The first-order chi connectivity index (χ1) is 12.1. The van der Waals surface area contributed by atoms with Crippen LogP contribution in [0.25, 0.3) is 0 Å². The van der Waals surface area contributed by atoms with Gasteiger partial charge in [0.15, 0.2) is 0 Å². The number of amides is 1. The molecule has 3 rings (SSSR count). The van der Waals surface area contributed by atoms with E-state index in [0.717, 1.165) is 24.9 Å². The zero-order chi connectivity index (χ0) is 17.8. The minimum Gasteiger partial charge on any atom is -0.480 e. The highest BCUT2D eigenvalue weighted by Gasteiger charge is 2.41. The van der Waals surface area contributed by atoms with E-state index in [1.165, 1.54) is 12.8 Å². The predicted molar refractivity (Wildman–Crippen MR) is 96.2 cm³/mol. The molecular weight excluding hydrogens is 316 g/mol. The number of carboxylic acid groups (broad SMARTS) is 1. The summed E-state index contributed by atoms with van der Waals surface area (Å²) in [5.41, 5.74) is 1.11. The van der Waals surface area contributed by atoms with Crippen molar-refractivity contribution in [3.8, 4) is 0 Å². The molecule has 1 aromatic carbocycles. The lowest BCUT2D eigenvalue weighted by atomic mass is 10.0. The van der Waals surface area contributed by atoms with Gasteiger partial charge in [0.2, 0.25) is 5.91 Å². The van der Waals surface area contributed by atoms with Crippen LogP contribution >= 0.6 is 0 Å². The maximum absolute atomic E-state index is 12.8. The number of carbonyl (C=O) groups excluding carboxylic acids is 1. The summed E-state index contributed by atoms with van der Waals surface area (Å²) in [4.78, 5) is 26.4. The molecule has 5 heteroatoms. The number of aryl methyl sites for hydroxylation is 1. The number of benzene rings is 1. The molecule has 2 unspecified atom stereocenters. The van der Waals surface area contributed by atoms with Crippen LogP contribution in [0.4, 0.5) is 0 Å². The molecule has 1 amide bonds. The fourth-order valence-corrected chi connectivity index (χ4v) is 4.36. The Balaban J connectivity index is 1.55. The van der Waals surface area contributed by atoms with Crippen molar-refractivity contribution in [2.45, 2.75) is 63.6 Å². The summed E-state index contributed by atoms with van der Waals surface area (Å²) in [7, 11) is 0. The molecule has 1 saturated heterocycles. The van der Waals surface area contributed by atoms with Crippen LogP contribution in [0.15, 0.2) is 30.3 Å². The van der Waals surface area contributed by atoms with Crippen molar-refractivity contribution >= 4 is 11.9 Å². The lowest BCUT2D eigenvalue weighted by Crippen LogP contribution is -2.52. The fraction of sp³-hybridized carbons (Fsp3) is 0.600. The van der Waals surface area contributed by atoms with Gasteiger partial charge in [-0.2, -0.15) is 0 Å². The summed E-state index contributed by atoms with van der Waals surface area (Å²) in [5.74, 6) is -0.180. The second-order valence-corrected chi connectivity index (χ2v) is 7.38. The summed E-state index contributed by atoms with van der Waals surface area (Å²) in [6, 6.07) is 9.06. The van der Waals surface area contributed by atoms with Crippen molar-refractivity contribution < 1.29 is 14.7 Å². The number of aliphatic carboxylic acids is 1. The third-order valence-electron chi connectivity index (χ3n) is 5.73. The van der Waals surface area contributed by atoms with Gasteiger partial charge < -0.3 is 10.0 Å². The number of carbonyl (C=O) groups is 2. The summed E-state index contributed by atoms with van der Waals surface area (Å²) >= 11 is 0. The minimum atomic E-state index is -0.893. The average molecular weight is 344 g/mol. The predicted octanol–water partition coefficient (Wildman–Crippen LogP) is 2.45. The molecule has 1 heterocycles. The normalized spacial score (nSPS) is 24.8. The van der Waals surface area contributed by atoms with Crippen molar-refractivity contribution in [3.05, 3.63) is 35.9 Å². The number of rotatable bonds is 7. The largest absolute Gasteiger partial charge is 0.480 e. The highest BCUT2D eigenvalue weighted by atomic mass is 16.4. The number of nitrogens with one attached hydrogen (secondary N) is 1. The van der Waals surface area contributed by atoms with Crippen molar-refractivity contribution in [2.75, 3.05) is 6.54 Å². The van der Waals surface area contributed by atoms with Crippen molar-refractivity contribution in [3.63, 3.8) is 0 Å². The highest BCUT2D eigenvalue weighted by Crippen LogP contribution is 2.37. The zero-order valence-corrected chi connectivity index (χ0v) is 14.9. The van der Waals surface area contributed by atoms with Crippen LogP contribution < -0.4 is 5.32 Å². The number of likely N-dealkylation sites (tertiary alicyclic amines) is 1. The van der Waals surface area contributed by atoms with Crippen LogP contribution in [0, 0.1) is 5.92 Å². The Hall–Kier alpha value is -1.88. The lowest BCUT2D eigenvalue weighted by molar-refractivity contribution is -0.140. The molecule has 136 valence electrons. The lowest BCUT2D eigenvalue weighted by Gasteiger charge is -2.28. The number of fused-ring (bicyclic) bond motifs is 1. The van der Waals surface area contributed by atoms with Crippen LogP contribution in [0.2, 0.25) is 0 Å². The van der Waals surface area contributed by atoms with E-state index in [4.69, 9.17) is 0 Å². The van der Waals surface area contributed by atoms with Crippen molar-refractivity contribution in [1.82, 2.24) is 10.2 Å². The van der Waals surface area contributed by atoms with Gasteiger partial charge in [0.05, 0.1) is 6.04 Å². The molecule has 0 bridgehead atoms. The molecular formula is C20H28N2O3. The molecule has 1 aliphatic carbocycles. The molecule has 2 fully saturated rings. The van der Waals surface area contributed by atoms with Gasteiger partial charge in [-0.3, -0.25) is 14.9 Å². The van der Waals surface area contributed by atoms with E-state index in [1.807, 2.05) is 35.2 Å². The molecule has 0 spiro atoms. The summed E-state index contributed by atoms with van der Waals surface area (Å²) in [5, 5.41) is 12.6. The summed E-state index contributed by atoms with van der Waals surface area (Å²) in [6.45, 7) is 2.62. The number of carboxylic acids is 1. The van der Waals surface area contributed by atoms with Crippen LogP contribution in [-0.2, 0) is 16.0 Å². The molecule has 5 nitrogen and oxygen atoms in total. The SMILES string of the molecule is CC(NC(CCc1ccccc1)C(=O)O)C(=O)N1CC[C@@H]2CCC[C@@H]21. The maximum atomic E-state index is 12.8. The van der Waals surface area contributed by atoms with Gasteiger partial charge in [-0.05, 0) is 50.5 Å².